The predicted molar refractivity (Wildman–Crippen MR) is 79.9 cm³/mol. The van der Waals surface area contributed by atoms with Gasteiger partial charge in [-0.2, -0.15) is 5.10 Å². The van der Waals surface area contributed by atoms with Gasteiger partial charge in [-0.05, 0) is 44.1 Å². The third-order valence-electron chi connectivity index (χ3n) is 5.37. The number of nitrogens with zero attached hydrogens (tertiary/aromatic N) is 3. The summed E-state index contributed by atoms with van der Waals surface area (Å²) in [5.41, 5.74) is 4.10. The molecule has 0 unspecified atom stereocenters. The molecule has 0 atom stereocenters. The number of hydrogen-bond acceptors (Lipinski definition) is 3. The molecule has 0 spiro atoms. The number of aryl methyl sites for hydroxylation is 1. The molecule has 1 N–H and O–H groups in total. The van der Waals surface area contributed by atoms with E-state index in [0.717, 1.165) is 51.9 Å². The Morgan fingerprint density at radius 2 is 1.95 bits per heavy atom. The van der Waals surface area contributed by atoms with Gasteiger partial charge in [0.2, 0.25) is 5.91 Å². The van der Waals surface area contributed by atoms with Crippen molar-refractivity contribution in [1.82, 2.24) is 20.0 Å². The van der Waals surface area contributed by atoms with Gasteiger partial charge in [0, 0.05) is 44.3 Å². The first-order valence-electron chi connectivity index (χ1n) is 8.38. The number of amides is 1. The fourth-order valence-electron chi connectivity index (χ4n) is 4.17. The van der Waals surface area contributed by atoms with Crippen LogP contribution >= 0.6 is 0 Å². The molecule has 3 heterocycles. The molecule has 0 saturated carbocycles. The largest absolute Gasteiger partial charge is 0.340 e. The van der Waals surface area contributed by atoms with Crippen LogP contribution in [-0.2, 0) is 24.2 Å². The lowest BCUT2D eigenvalue weighted by molar-refractivity contribution is -0.130. The Morgan fingerprint density at radius 1 is 1.10 bits per heavy atom. The van der Waals surface area contributed by atoms with E-state index in [-0.39, 0.29) is 0 Å². The van der Waals surface area contributed by atoms with Gasteiger partial charge in [-0.1, -0.05) is 0 Å². The summed E-state index contributed by atoms with van der Waals surface area (Å²) >= 11 is 0. The lowest BCUT2D eigenvalue weighted by atomic mass is 10.0. The zero-order valence-electron chi connectivity index (χ0n) is 12.6. The monoisotopic (exact) mass is 288 g/mol. The van der Waals surface area contributed by atoms with Gasteiger partial charge in [0.25, 0.3) is 0 Å². The first-order valence-corrected chi connectivity index (χ1v) is 8.38. The van der Waals surface area contributed by atoms with Gasteiger partial charge >= 0.3 is 0 Å². The van der Waals surface area contributed by atoms with Crippen molar-refractivity contribution in [3.05, 3.63) is 17.0 Å². The summed E-state index contributed by atoms with van der Waals surface area (Å²) in [6.07, 6.45) is 7.70. The maximum atomic E-state index is 11.8. The van der Waals surface area contributed by atoms with E-state index >= 15 is 0 Å². The fraction of sp³-hybridized carbons (Fsp3) is 0.750. The maximum absolute atomic E-state index is 11.8. The summed E-state index contributed by atoms with van der Waals surface area (Å²) in [6, 6.07) is 0.487. The number of rotatable bonds is 3. The van der Waals surface area contributed by atoms with Gasteiger partial charge in [-0.3, -0.25) is 14.8 Å². The highest BCUT2D eigenvalue weighted by Crippen LogP contribution is 2.26. The Morgan fingerprint density at radius 3 is 2.71 bits per heavy atom. The van der Waals surface area contributed by atoms with Crippen LogP contribution in [0.15, 0.2) is 0 Å². The van der Waals surface area contributed by atoms with Gasteiger partial charge in [0.1, 0.15) is 0 Å². The minimum atomic E-state index is 0.374. The van der Waals surface area contributed by atoms with E-state index < -0.39 is 0 Å². The number of piperidine rings is 1. The third kappa shape index (κ3) is 2.48. The number of fused-ring (bicyclic) bond motifs is 1. The topological polar surface area (TPSA) is 52.2 Å². The average Bonchev–Trinajstić information content (AvgIpc) is 3.19. The normalized spacial score (nSPS) is 24.0. The molecule has 0 bridgehead atoms. The van der Waals surface area contributed by atoms with Crippen molar-refractivity contribution >= 4 is 5.91 Å². The lowest BCUT2D eigenvalue weighted by Gasteiger charge is -2.36. The molecule has 114 valence electrons. The molecule has 21 heavy (non-hydrogen) atoms. The van der Waals surface area contributed by atoms with E-state index in [0.29, 0.717) is 11.9 Å². The van der Waals surface area contributed by atoms with Crippen molar-refractivity contribution in [2.45, 2.75) is 57.5 Å². The quantitative estimate of drug-likeness (QED) is 0.916. The van der Waals surface area contributed by atoms with Crippen LogP contribution < -0.4 is 0 Å². The van der Waals surface area contributed by atoms with Crippen molar-refractivity contribution < 1.29 is 4.79 Å². The summed E-state index contributed by atoms with van der Waals surface area (Å²) < 4.78 is 0. The lowest BCUT2D eigenvalue weighted by Crippen LogP contribution is -2.45. The molecule has 0 aromatic carbocycles. The van der Waals surface area contributed by atoms with E-state index in [9.17, 15) is 4.79 Å². The zero-order chi connectivity index (χ0) is 14.2. The number of carbonyl (C=O) groups excluding carboxylic acids is 1. The second kappa shape index (κ2) is 5.44. The Hall–Kier alpha value is -1.36. The van der Waals surface area contributed by atoms with Crippen molar-refractivity contribution in [3.63, 3.8) is 0 Å². The first kappa shape index (κ1) is 13.3. The molecule has 1 amide bonds. The molecule has 2 aliphatic heterocycles. The van der Waals surface area contributed by atoms with E-state index in [2.05, 4.69) is 20.0 Å². The molecule has 2 saturated heterocycles. The predicted octanol–water partition coefficient (Wildman–Crippen LogP) is 1.49. The smallest absolute Gasteiger partial charge is 0.222 e. The SMILES string of the molecule is O=C1CCCN1C1CCN(Cc2n[nH]c3c2CCC3)CC1. The average molecular weight is 288 g/mol. The Labute approximate surface area is 125 Å². The Kier molecular flexibility index (Phi) is 3.45. The highest BCUT2D eigenvalue weighted by molar-refractivity contribution is 5.78. The molecule has 1 aromatic rings. The number of carbonyl (C=O) groups is 1. The summed E-state index contributed by atoms with van der Waals surface area (Å²) in [4.78, 5) is 16.5. The fourth-order valence-corrected chi connectivity index (χ4v) is 4.17. The van der Waals surface area contributed by atoms with Crippen molar-refractivity contribution in [2.24, 2.45) is 0 Å². The van der Waals surface area contributed by atoms with Gasteiger partial charge in [0.15, 0.2) is 0 Å². The number of aromatic amines is 1. The van der Waals surface area contributed by atoms with Crippen LogP contribution in [0.2, 0.25) is 0 Å². The minimum Gasteiger partial charge on any atom is -0.340 e. The van der Waals surface area contributed by atoms with E-state index in [1.165, 1.54) is 36.2 Å². The summed E-state index contributed by atoms with van der Waals surface area (Å²) in [5.74, 6) is 0.374. The zero-order valence-corrected chi connectivity index (χ0v) is 12.6. The molecule has 1 aliphatic carbocycles. The van der Waals surface area contributed by atoms with E-state index in [1.807, 2.05) is 0 Å². The van der Waals surface area contributed by atoms with Crippen molar-refractivity contribution in [2.75, 3.05) is 19.6 Å². The first-order chi connectivity index (χ1) is 10.3. The molecule has 5 nitrogen and oxygen atoms in total. The highest BCUT2D eigenvalue weighted by Gasteiger charge is 2.31. The van der Waals surface area contributed by atoms with Crippen LogP contribution in [-0.4, -0.2) is 51.6 Å². The highest BCUT2D eigenvalue weighted by atomic mass is 16.2. The van der Waals surface area contributed by atoms with Crippen LogP contribution in [0.25, 0.3) is 0 Å². The number of H-pyrrole nitrogens is 1. The van der Waals surface area contributed by atoms with Crippen LogP contribution in [0.3, 0.4) is 0 Å². The Balaban J connectivity index is 1.34. The molecule has 0 radical (unpaired) electrons. The van der Waals surface area contributed by atoms with Gasteiger partial charge < -0.3 is 4.90 Å². The summed E-state index contributed by atoms with van der Waals surface area (Å²) in [5, 5.41) is 7.71. The maximum Gasteiger partial charge on any atom is 0.222 e. The second-order valence-corrected chi connectivity index (χ2v) is 6.68. The molecular formula is C16H24N4O. The Bertz CT molecular complexity index is 530. The van der Waals surface area contributed by atoms with Crippen LogP contribution in [0, 0.1) is 0 Å². The van der Waals surface area contributed by atoms with Crippen LogP contribution in [0.4, 0.5) is 0 Å². The van der Waals surface area contributed by atoms with Gasteiger partial charge in [0.05, 0.1) is 5.69 Å². The van der Waals surface area contributed by atoms with Crippen LogP contribution in [0.1, 0.15) is 49.1 Å². The third-order valence-corrected chi connectivity index (χ3v) is 5.37. The summed E-state index contributed by atoms with van der Waals surface area (Å²) in [6.45, 7) is 4.15. The summed E-state index contributed by atoms with van der Waals surface area (Å²) in [7, 11) is 0. The molecular weight excluding hydrogens is 264 g/mol. The standard InChI is InChI=1S/C16H24N4O/c21-16-5-2-8-20(16)12-6-9-19(10-7-12)11-15-13-3-1-4-14(13)17-18-15/h12H,1-11H2,(H,17,18). The molecule has 4 rings (SSSR count). The van der Waals surface area contributed by atoms with Gasteiger partial charge in [-0.25, -0.2) is 0 Å². The number of nitrogens with one attached hydrogen (secondary N) is 1. The van der Waals surface area contributed by atoms with Gasteiger partial charge in [-0.15, -0.1) is 0 Å². The molecule has 2 fully saturated rings. The van der Waals surface area contributed by atoms with E-state index in [1.54, 1.807) is 0 Å². The number of likely N-dealkylation sites (tertiary alicyclic amines) is 2. The molecule has 1 aromatic heterocycles. The van der Waals surface area contributed by atoms with Crippen LogP contribution in [0.5, 0.6) is 0 Å². The minimum absolute atomic E-state index is 0.374. The van der Waals surface area contributed by atoms with Crippen molar-refractivity contribution in [1.29, 1.82) is 0 Å². The number of aromatic nitrogens is 2. The molecule has 3 aliphatic rings. The molecule has 5 heteroatoms. The van der Waals surface area contributed by atoms with E-state index in [4.69, 9.17) is 0 Å². The second-order valence-electron chi connectivity index (χ2n) is 6.68. The number of hydrogen-bond donors (Lipinski definition) is 1. The van der Waals surface area contributed by atoms with Crippen molar-refractivity contribution in [3.8, 4) is 0 Å².